The van der Waals surface area contributed by atoms with Gasteiger partial charge in [-0.05, 0) is 25.0 Å². The smallest absolute Gasteiger partial charge is 0.137 e. The van der Waals surface area contributed by atoms with Crippen molar-refractivity contribution >= 4 is 5.65 Å². The molecule has 0 spiro atoms. The highest BCUT2D eigenvalue weighted by Crippen LogP contribution is 2.49. The number of pyridine rings is 1. The third-order valence-electron chi connectivity index (χ3n) is 3.65. The van der Waals surface area contributed by atoms with Gasteiger partial charge in [0.1, 0.15) is 11.8 Å². The molecule has 1 aliphatic carbocycles. The molecule has 1 N–H and O–H groups in total. The maximum atomic E-state index is 10.3. The second-order valence-electron chi connectivity index (χ2n) is 4.66. The highest BCUT2D eigenvalue weighted by atomic mass is 16.3. The van der Waals surface area contributed by atoms with Gasteiger partial charge in [-0.1, -0.05) is 12.5 Å². The lowest BCUT2D eigenvalue weighted by Gasteiger charge is -2.38. The molecule has 3 rings (SSSR count). The summed E-state index contributed by atoms with van der Waals surface area (Å²) >= 11 is 0. The van der Waals surface area contributed by atoms with Crippen LogP contribution in [-0.4, -0.2) is 14.5 Å². The van der Waals surface area contributed by atoms with Crippen molar-refractivity contribution in [3.63, 3.8) is 0 Å². The number of hydrogen-bond donors (Lipinski definition) is 1. The lowest BCUT2D eigenvalue weighted by atomic mass is 9.65. The molecule has 4 heteroatoms. The quantitative estimate of drug-likeness (QED) is 0.854. The molecule has 1 aliphatic rings. The van der Waals surface area contributed by atoms with Gasteiger partial charge in [0.15, 0.2) is 0 Å². The highest BCUT2D eigenvalue weighted by molar-refractivity contribution is 5.40. The van der Waals surface area contributed by atoms with Gasteiger partial charge in [-0.15, -0.1) is 0 Å². The first-order valence-corrected chi connectivity index (χ1v) is 5.78. The minimum absolute atomic E-state index is 0.595. The molecule has 2 heterocycles. The summed E-state index contributed by atoms with van der Waals surface area (Å²) in [5.41, 5.74) is 0.782. The van der Waals surface area contributed by atoms with E-state index < -0.39 is 11.5 Å². The minimum Gasteiger partial charge on any atom is -0.385 e. The molecule has 0 saturated heterocycles. The molecule has 17 heavy (non-hydrogen) atoms. The molecule has 0 bridgehead atoms. The van der Waals surface area contributed by atoms with Crippen molar-refractivity contribution < 1.29 is 5.11 Å². The number of imidazole rings is 1. The number of aromatic nitrogens is 2. The number of hydrogen-bond acceptors (Lipinski definition) is 3. The molecule has 0 aromatic carbocycles. The van der Waals surface area contributed by atoms with Crippen LogP contribution in [0.1, 0.15) is 31.1 Å². The summed E-state index contributed by atoms with van der Waals surface area (Å²) in [5.74, 6) is 0. The van der Waals surface area contributed by atoms with Crippen molar-refractivity contribution in [3.8, 4) is 6.07 Å². The molecular weight excluding hydrogens is 214 g/mol. The first-order chi connectivity index (χ1) is 8.25. The van der Waals surface area contributed by atoms with E-state index in [2.05, 4.69) is 11.1 Å². The minimum atomic E-state index is -0.777. The van der Waals surface area contributed by atoms with Crippen LogP contribution in [0.4, 0.5) is 0 Å². The summed E-state index contributed by atoms with van der Waals surface area (Å²) in [6.45, 7) is 0. The lowest BCUT2D eigenvalue weighted by Crippen LogP contribution is -2.34. The fourth-order valence-corrected chi connectivity index (χ4v) is 2.37. The Labute approximate surface area is 99.1 Å². The zero-order chi connectivity index (χ0) is 11.9. The molecule has 4 nitrogen and oxygen atoms in total. The van der Waals surface area contributed by atoms with E-state index in [-0.39, 0.29) is 0 Å². The SMILES string of the molecule is N#CC1(C(O)c2cn3ccccc3n2)CCC1. The van der Waals surface area contributed by atoms with Gasteiger partial charge in [0.25, 0.3) is 0 Å². The number of nitriles is 1. The van der Waals surface area contributed by atoms with Crippen molar-refractivity contribution in [1.29, 1.82) is 5.26 Å². The average molecular weight is 227 g/mol. The molecule has 0 aliphatic heterocycles. The monoisotopic (exact) mass is 227 g/mol. The third-order valence-corrected chi connectivity index (χ3v) is 3.65. The number of fused-ring (bicyclic) bond motifs is 1. The summed E-state index contributed by atoms with van der Waals surface area (Å²) < 4.78 is 1.86. The van der Waals surface area contributed by atoms with E-state index in [1.165, 1.54) is 0 Å². The molecule has 86 valence electrons. The van der Waals surface area contributed by atoms with Crippen LogP contribution in [0.25, 0.3) is 5.65 Å². The zero-order valence-corrected chi connectivity index (χ0v) is 9.37. The van der Waals surface area contributed by atoms with Crippen LogP contribution in [-0.2, 0) is 0 Å². The van der Waals surface area contributed by atoms with Crippen molar-refractivity contribution in [3.05, 3.63) is 36.3 Å². The molecule has 1 saturated carbocycles. The van der Waals surface area contributed by atoms with E-state index in [9.17, 15) is 10.4 Å². The Bertz CT molecular complexity index is 559. The van der Waals surface area contributed by atoms with Gasteiger partial charge in [-0.2, -0.15) is 5.26 Å². The molecule has 2 aromatic rings. The van der Waals surface area contributed by atoms with E-state index in [0.29, 0.717) is 5.69 Å². The Morgan fingerprint density at radius 1 is 1.47 bits per heavy atom. The van der Waals surface area contributed by atoms with E-state index in [1.807, 2.05) is 28.8 Å². The van der Waals surface area contributed by atoms with Crippen molar-refractivity contribution in [1.82, 2.24) is 9.38 Å². The lowest BCUT2D eigenvalue weighted by molar-refractivity contribution is 0.00538. The molecule has 0 amide bonds. The van der Waals surface area contributed by atoms with Crippen LogP contribution in [0, 0.1) is 16.7 Å². The van der Waals surface area contributed by atoms with E-state index in [4.69, 9.17) is 0 Å². The van der Waals surface area contributed by atoms with Crippen LogP contribution in [0.2, 0.25) is 0 Å². The Kier molecular flexibility index (Phi) is 2.17. The van der Waals surface area contributed by atoms with E-state index >= 15 is 0 Å². The molecule has 1 atom stereocenters. The summed E-state index contributed by atoms with van der Waals surface area (Å²) in [4.78, 5) is 4.37. The Balaban J connectivity index is 2.01. The van der Waals surface area contributed by atoms with Crippen LogP contribution in [0.3, 0.4) is 0 Å². The Morgan fingerprint density at radius 2 is 2.29 bits per heavy atom. The normalized spacial score (nSPS) is 19.5. The third kappa shape index (κ3) is 1.43. The van der Waals surface area contributed by atoms with Gasteiger partial charge in [0, 0.05) is 12.4 Å². The number of aliphatic hydroxyl groups is 1. The van der Waals surface area contributed by atoms with Gasteiger partial charge in [-0.3, -0.25) is 0 Å². The Morgan fingerprint density at radius 3 is 2.88 bits per heavy atom. The number of rotatable bonds is 2. The zero-order valence-electron chi connectivity index (χ0n) is 9.37. The number of nitrogens with zero attached hydrogens (tertiary/aromatic N) is 3. The van der Waals surface area contributed by atoms with Gasteiger partial charge < -0.3 is 9.51 Å². The van der Waals surface area contributed by atoms with E-state index in [1.54, 1.807) is 6.20 Å². The summed E-state index contributed by atoms with van der Waals surface area (Å²) in [6, 6.07) is 7.96. The molecule has 0 radical (unpaired) electrons. The van der Waals surface area contributed by atoms with Crippen LogP contribution in [0.5, 0.6) is 0 Å². The predicted molar refractivity (Wildman–Crippen MR) is 62.0 cm³/mol. The van der Waals surface area contributed by atoms with Crippen molar-refractivity contribution in [2.24, 2.45) is 5.41 Å². The average Bonchev–Trinajstić information content (AvgIpc) is 2.71. The van der Waals surface area contributed by atoms with Crippen LogP contribution < -0.4 is 0 Å². The second-order valence-corrected chi connectivity index (χ2v) is 4.66. The van der Waals surface area contributed by atoms with E-state index in [0.717, 1.165) is 24.9 Å². The van der Waals surface area contributed by atoms with Crippen molar-refractivity contribution in [2.75, 3.05) is 0 Å². The first-order valence-electron chi connectivity index (χ1n) is 5.78. The van der Waals surface area contributed by atoms with Crippen molar-refractivity contribution in [2.45, 2.75) is 25.4 Å². The predicted octanol–water partition coefficient (Wildman–Crippen LogP) is 2.06. The maximum absolute atomic E-state index is 10.3. The van der Waals surface area contributed by atoms with Crippen LogP contribution >= 0.6 is 0 Å². The van der Waals surface area contributed by atoms with Crippen LogP contribution in [0.15, 0.2) is 30.6 Å². The largest absolute Gasteiger partial charge is 0.385 e. The summed E-state index contributed by atoms with van der Waals surface area (Å²) in [6.07, 6.45) is 5.45. The first kappa shape index (κ1) is 10.3. The molecule has 1 fully saturated rings. The van der Waals surface area contributed by atoms with Gasteiger partial charge in [0.2, 0.25) is 0 Å². The topological polar surface area (TPSA) is 61.3 Å². The second kappa shape index (κ2) is 3.57. The summed E-state index contributed by atoms with van der Waals surface area (Å²) in [5, 5.41) is 19.5. The standard InChI is InChI=1S/C13H13N3O/c14-9-13(5-3-6-13)12(17)10-8-16-7-2-1-4-11(16)15-10/h1-2,4,7-8,12,17H,3,5-6H2. The number of aliphatic hydroxyl groups excluding tert-OH is 1. The van der Waals surface area contributed by atoms with Gasteiger partial charge in [0.05, 0.1) is 17.2 Å². The molecule has 2 aromatic heterocycles. The van der Waals surface area contributed by atoms with Gasteiger partial charge in [-0.25, -0.2) is 4.98 Å². The summed E-state index contributed by atoms with van der Waals surface area (Å²) in [7, 11) is 0. The fraction of sp³-hybridized carbons (Fsp3) is 0.385. The molecular formula is C13H13N3O. The fourth-order valence-electron chi connectivity index (χ4n) is 2.37. The highest BCUT2D eigenvalue weighted by Gasteiger charge is 2.45. The van der Waals surface area contributed by atoms with Gasteiger partial charge >= 0.3 is 0 Å². The maximum Gasteiger partial charge on any atom is 0.137 e. The molecule has 1 unspecified atom stereocenters. The Hall–Kier alpha value is -1.86.